The highest BCUT2D eigenvalue weighted by molar-refractivity contribution is 6.32. The Labute approximate surface area is 173 Å². The van der Waals surface area contributed by atoms with Crippen LogP contribution in [0.25, 0.3) is 0 Å². The Morgan fingerprint density at radius 1 is 1.17 bits per heavy atom. The average Bonchev–Trinajstić information content (AvgIpc) is 2.66. The number of carbonyl (C=O) groups is 2. The first kappa shape index (κ1) is 22.7. The summed E-state index contributed by atoms with van der Waals surface area (Å²) in [5, 5.41) is 3.02. The zero-order valence-corrected chi connectivity index (χ0v) is 17.2. The monoisotopic (exact) mass is 424 g/mol. The van der Waals surface area contributed by atoms with Gasteiger partial charge in [-0.15, -0.1) is 0 Å². The zero-order chi connectivity index (χ0) is 21.6. The molecule has 8 heteroatoms. The molecule has 1 amide bonds. The minimum absolute atomic E-state index is 0.0484. The van der Waals surface area contributed by atoms with Gasteiger partial charge in [0.1, 0.15) is 18.1 Å². The molecule has 0 aliphatic carbocycles. The number of nitrogens with one attached hydrogen (secondary N) is 1. The van der Waals surface area contributed by atoms with Crippen LogP contribution in [0.5, 0.6) is 5.75 Å². The number of nitrogens with zero attached hydrogens (tertiary/aromatic N) is 1. The summed E-state index contributed by atoms with van der Waals surface area (Å²) in [6.07, 6.45) is -0.927. The van der Waals surface area contributed by atoms with Crippen LogP contribution in [0.3, 0.4) is 0 Å². The summed E-state index contributed by atoms with van der Waals surface area (Å²) in [6.45, 7) is 4.66. The third-order valence-electron chi connectivity index (χ3n) is 4.25. The van der Waals surface area contributed by atoms with E-state index in [-0.39, 0.29) is 34.8 Å². The summed E-state index contributed by atoms with van der Waals surface area (Å²) >= 11 is 6.08. The van der Waals surface area contributed by atoms with Crippen molar-refractivity contribution in [3.05, 3.63) is 58.4 Å². The molecule has 2 aromatic rings. The lowest BCUT2D eigenvalue weighted by Crippen LogP contribution is -2.27. The standard InChI is InChI=1S/C21H23ClF2N2O3/c1-12(2)18(27)10-16-8-15(6-7-25-16)21(28)26-13(3)14-4-5-19(17(22)9-14)29-11-20(23)24/h4-9,12-13,20H,10-11H2,1-3H3,(H,26,28). The second kappa shape index (κ2) is 10.3. The fourth-order valence-corrected chi connectivity index (χ4v) is 2.76. The van der Waals surface area contributed by atoms with E-state index in [1.807, 2.05) is 13.8 Å². The minimum atomic E-state index is -2.59. The summed E-state index contributed by atoms with van der Waals surface area (Å²) in [6, 6.07) is 7.47. The normalized spacial score (nSPS) is 12.1. The van der Waals surface area contributed by atoms with Crippen molar-refractivity contribution in [2.45, 2.75) is 39.7 Å². The molecule has 0 fully saturated rings. The molecule has 0 aliphatic rings. The van der Waals surface area contributed by atoms with E-state index in [1.54, 1.807) is 31.2 Å². The van der Waals surface area contributed by atoms with Gasteiger partial charge in [0, 0.05) is 29.8 Å². The molecule has 0 saturated heterocycles. The van der Waals surface area contributed by atoms with Crippen LogP contribution in [0.1, 0.15) is 48.4 Å². The van der Waals surface area contributed by atoms with Gasteiger partial charge < -0.3 is 10.1 Å². The van der Waals surface area contributed by atoms with E-state index in [0.717, 1.165) is 0 Å². The summed E-state index contributed by atoms with van der Waals surface area (Å²) in [4.78, 5) is 28.6. The second-order valence-electron chi connectivity index (χ2n) is 6.92. The first-order valence-electron chi connectivity index (χ1n) is 9.16. The molecular weight excluding hydrogens is 402 g/mol. The van der Waals surface area contributed by atoms with Gasteiger partial charge in [0.25, 0.3) is 12.3 Å². The van der Waals surface area contributed by atoms with E-state index in [2.05, 4.69) is 10.3 Å². The lowest BCUT2D eigenvalue weighted by molar-refractivity contribution is -0.121. The molecule has 1 aromatic heterocycles. The number of hydrogen-bond donors (Lipinski definition) is 1. The quantitative estimate of drug-likeness (QED) is 0.636. The third-order valence-corrected chi connectivity index (χ3v) is 4.54. The molecule has 29 heavy (non-hydrogen) atoms. The molecule has 0 bridgehead atoms. The highest BCUT2D eigenvalue weighted by Crippen LogP contribution is 2.28. The smallest absolute Gasteiger partial charge is 0.272 e. The average molecular weight is 425 g/mol. The fraction of sp³-hybridized carbons (Fsp3) is 0.381. The van der Waals surface area contributed by atoms with Crippen molar-refractivity contribution < 1.29 is 23.1 Å². The molecule has 1 aromatic carbocycles. The van der Waals surface area contributed by atoms with Crippen molar-refractivity contribution in [1.29, 1.82) is 0 Å². The Morgan fingerprint density at radius 2 is 1.90 bits per heavy atom. The van der Waals surface area contributed by atoms with Crippen LogP contribution in [0.4, 0.5) is 8.78 Å². The van der Waals surface area contributed by atoms with Crippen molar-refractivity contribution in [2.24, 2.45) is 5.92 Å². The number of carbonyl (C=O) groups excluding carboxylic acids is 2. The summed E-state index contributed by atoms with van der Waals surface area (Å²) in [7, 11) is 0. The highest BCUT2D eigenvalue weighted by Gasteiger charge is 2.16. The number of amides is 1. The van der Waals surface area contributed by atoms with E-state index < -0.39 is 19.1 Å². The van der Waals surface area contributed by atoms with Crippen LogP contribution in [-0.4, -0.2) is 29.7 Å². The van der Waals surface area contributed by atoms with E-state index >= 15 is 0 Å². The minimum Gasteiger partial charge on any atom is -0.486 e. The summed E-state index contributed by atoms with van der Waals surface area (Å²) < 4.78 is 29.5. The van der Waals surface area contributed by atoms with Crippen molar-refractivity contribution in [3.63, 3.8) is 0 Å². The number of halogens is 3. The SMILES string of the molecule is CC(C)C(=O)Cc1cc(C(=O)NC(C)c2ccc(OCC(F)F)c(Cl)c2)ccn1. The molecule has 1 N–H and O–H groups in total. The summed E-state index contributed by atoms with van der Waals surface area (Å²) in [5.74, 6) is -0.228. The number of aromatic nitrogens is 1. The van der Waals surface area contributed by atoms with Crippen LogP contribution in [0.15, 0.2) is 36.5 Å². The first-order chi connectivity index (χ1) is 13.7. The van der Waals surface area contributed by atoms with E-state index in [4.69, 9.17) is 16.3 Å². The van der Waals surface area contributed by atoms with Gasteiger partial charge in [-0.3, -0.25) is 14.6 Å². The number of hydrogen-bond acceptors (Lipinski definition) is 4. The van der Waals surface area contributed by atoms with Crippen LogP contribution in [0, 0.1) is 5.92 Å². The molecule has 1 atom stereocenters. The van der Waals surface area contributed by atoms with Gasteiger partial charge in [-0.2, -0.15) is 0 Å². The molecule has 2 rings (SSSR count). The fourth-order valence-electron chi connectivity index (χ4n) is 2.52. The van der Waals surface area contributed by atoms with Crippen LogP contribution < -0.4 is 10.1 Å². The van der Waals surface area contributed by atoms with Gasteiger partial charge in [-0.05, 0) is 36.8 Å². The van der Waals surface area contributed by atoms with E-state index in [0.29, 0.717) is 16.8 Å². The first-order valence-corrected chi connectivity index (χ1v) is 9.54. The van der Waals surface area contributed by atoms with Crippen molar-refractivity contribution >= 4 is 23.3 Å². The number of benzene rings is 1. The molecule has 1 heterocycles. The lowest BCUT2D eigenvalue weighted by atomic mass is 10.0. The zero-order valence-electron chi connectivity index (χ0n) is 16.4. The van der Waals surface area contributed by atoms with Crippen molar-refractivity contribution in [2.75, 3.05) is 6.61 Å². The maximum absolute atomic E-state index is 12.6. The Morgan fingerprint density at radius 3 is 2.52 bits per heavy atom. The molecule has 0 spiro atoms. The highest BCUT2D eigenvalue weighted by atomic mass is 35.5. The maximum atomic E-state index is 12.6. The third kappa shape index (κ3) is 6.78. The second-order valence-corrected chi connectivity index (χ2v) is 7.33. The van der Waals surface area contributed by atoms with Gasteiger partial charge >= 0.3 is 0 Å². The van der Waals surface area contributed by atoms with Crippen LogP contribution in [0.2, 0.25) is 5.02 Å². The van der Waals surface area contributed by atoms with Gasteiger partial charge in [-0.1, -0.05) is 31.5 Å². The predicted octanol–water partition coefficient (Wildman–Crippen LogP) is 4.64. The largest absolute Gasteiger partial charge is 0.486 e. The Kier molecular flexibility index (Phi) is 8.08. The number of ether oxygens (including phenoxy) is 1. The number of alkyl halides is 2. The van der Waals surface area contributed by atoms with Crippen molar-refractivity contribution in [3.8, 4) is 5.75 Å². The lowest BCUT2D eigenvalue weighted by Gasteiger charge is -2.16. The van der Waals surface area contributed by atoms with Crippen LogP contribution >= 0.6 is 11.6 Å². The van der Waals surface area contributed by atoms with Gasteiger partial charge in [0.2, 0.25) is 0 Å². The van der Waals surface area contributed by atoms with E-state index in [1.165, 1.54) is 12.3 Å². The Balaban J connectivity index is 2.05. The van der Waals surface area contributed by atoms with Gasteiger partial charge in [0.05, 0.1) is 11.1 Å². The van der Waals surface area contributed by atoms with Crippen LogP contribution in [-0.2, 0) is 11.2 Å². The molecule has 156 valence electrons. The topological polar surface area (TPSA) is 68.3 Å². The maximum Gasteiger partial charge on any atom is 0.272 e. The Hall–Kier alpha value is -2.54. The molecule has 0 radical (unpaired) electrons. The number of ketones is 1. The molecular formula is C21H23ClF2N2O3. The number of Topliss-reactive ketones (excluding diaryl/α,β-unsaturated/α-hetero) is 1. The number of pyridine rings is 1. The summed E-state index contributed by atoms with van der Waals surface area (Å²) in [5.41, 5.74) is 1.62. The molecule has 1 unspecified atom stereocenters. The predicted molar refractivity (Wildman–Crippen MR) is 107 cm³/mol. The van der Waals surface area contributed by atoms with Gasteiger partial charge in [0.15, 0.2) is 0 Å². The molecule has 5 nitrogen and oxygen atoms in total. The molecule has 0 saturated carbocycles. The molecule has 0 aliphatic heterocycles. The number of rotatable bonds is 9. The van der Waals surface area contributed by atoms with Gasteiger partial charge in [-0.25, -0.2) is 8.78 Å². The van der Waals surface area contributed by atoms with Crippen molar-refractivity contribution in [1.82, 2.24) is 10.3 Å². The van der Waals surface area contributed by atoms with E-state index in [9.17, 15) is 18.4 Å². The Bertz CT molecular complexity index is 875.